The predicted octanol–water partition coefficient (Wildman–Crippen LogP) is 7.75. The van der Waals surface area contributed by atoms with Gasteiger partial charge in [0.05, 0.1) is 0 Å². The zero-order valence-corrected chi connectivity index (χ0v) is 22.8. The van der Waals surface area contributed by atoms with E-state index in [9.17, 15) is 8.78 Å². The molecule has 0 radical (unpaired) electrons. The van der Waals surface area contributed by atoms with Crippen LogP contribution in [0.25, 0.3) is 32.7 Å². The summed E-state index contributed by atoms with van der Waals surface area (Å²) < 4.78 is 28.8. The number of anilines is 1. The van der Waals surface area contributed by atoms with E-state index in [1.165, 1.54) is 50.9 Å². The van der Waals surface area contributed by atoms with Gasteiger partial charge in [0.15, 0.2) is 0 Å². The van der Waals surface area contributed by atoms with E-state index in [2.05, 4.69) is 71.4 Å². The molecule has 1 aliphatic heterocycles. The molecule has 40 heavy (non-hydrogen) atoms. The Morgan fingerprint density at radius 3 is 2.42 bits per heavy atom. The van der Waals surface area contributed by atoms with Crippen molar-refractivity contribution in [2.24, 2.45) is 0 Å². The molecule has 3 nitrogen and oxygen atoms in total. The summed E-state index contributed by atoms with van der Waals surface area (Å²) in [6, 6.07) is 23.6. The molecule has 202 valence electrons. The molecule has 0 spiro atoms. The summed E-state index contributed by atoms with van der Waals surface area (Å²) in [6.45, 7) is 4.07. The van der Waals surface area contributed by atoms with E-state index >= 15 is 0 Å². The highest BCUT2D eigenvalue weighted by Gasteiger charge is 2.25. The van der Waals surface area contributed by atoms with Crippen LogP contribution >= 0.6 is 0 Å². The number of hydrogen-bond donors (Lipinski definition) is 0. The predicted molar refractivity (Wildman–Crippen MR) is 160 cm³/mol. The van der Waals surface area contributed by atoms with Crippen molar-refractivity contribution in [3.8, 4) is 11.1 Å². The number of halogens is 2. The highest BCUT2D eigenvalue weighted by atomic mass is 19.1. The second-order valence-electron chi connectivity index (χ2n) is 11.4. The SMILES string of the molecule is CN1CCN(c2ccc(-c3cc4c5c(ccc4c4ccccc34)CCCC5Cc3cc(F)ccc3F)cn2)CC1. The molecule has 1 aromatic heterocycles. The normalized spacial score (nSPS) is 17.9. The van der Waals surface area contributed by atoms with Crippen molar-refractivity contribution in [2.75, 3.05) is 38.1 Å². The van der Waals surface area contributed by atoms with Crippen LogP contribution in [0, 0.1) is 11.6 Å². The van der Waals surface area contributed by atoms with Crippen molar-refractivity contribution >= 4 is 27.4 Å². The first-order valence-electron chi connectivity index (χ1n) is 14.4. The minimum absolute atomic E-state index is 0.135. The number of fused-ring (bicyclic) bond motifs is 5. The van der Waals surface area contributed by atoms with E-state index < -0.39 is 0 Å². The van der Waals surface area contributed by atoms with Crippen LogP contribution in [0.2, 0.25) is 0 Å². The van der Waals surface area contributed by atoms with Gasteiger partial charge in [0.1, 0.15) is 17.5 Å². The van der Waals surface area contributed by atoms with Crippen LogP contribution in [0.4, 0.5) is 14.6 Å². The summed E-state index contributed by atoms with van der Waals surface area (Å²) in [5, 5.41) is 4.84. The second kappa shape index (κ2) is 10.3. The summed E-state index contributed by atoms with van der Waals surface area (Å²) in [6.07, 6.45) is 5.54. The molecule has 7 rings (SSSR count). The molecular formula is C35H33F2N3. The number of hydrogen-bond acceptors (Lipinski definition) is 3. The van der Waals surface area contributed by atoms with Gasteiger partial charge in [-0.25, -0.2) is 13.8 Å². The quantitative estimate of drug-likeness (QED) is 0.220. The highest BCUT2D eigenvalue weighted by Crippen LogP contribution is 2.43. The van der Waals surface area contributed by atoms with Crippen LogP contribution in [0.15, 0.2) is 79.0 Å². The van der Waals surface area contributed by atoms with Crippen molar-refractivity contribution in [2.45, 2.75) is 31.6 Å². The van der Waals surface area contributed by atoms with Crippen molar-refractivity contribution in [1.82, 2.24) is 9.88 Å². The van der Waals surface area contributed by atoms with Crippen molar-refractivity contribution in [1.29, 1.82) is 0 Å². The Bertz CT molecular complexity index is 1700. The molecule has 1 fully saturated rings. The topological polar surface area (TPSA) is 19.4 Å². The van der Waals surface area contributed by atoms with Crippen molar-refractivity contribution in [3.05, 3.63) is 107 Å². The van der Waals surface area contributed by atoms with Gasteiger partial charge in [-0.2, -0.15) is 0 Å². The monoisotopic (exact) mass is 533 g/mol. The van der Waals surface area contributed by atoms with E-state index in [1.807, 2.05) is 6.20 Å². The van der Waals surface area contributed by atoms with Crippen LogP contribution in [0.1, 0.15) is 35.4 Å². The van der Waals surface area contributed by atoms with Gasteiger partial charge in [-0.05, 0) is 119 Å². The smallest absolute Gasteiger partial charge is 0.128 e. The minimum Gasteiger partial charge on any atom is -0.354 e. The molecule has 0 saturated carbocycles. The first-order chi connectivity index (χ1) is 19.5. The van der Waals surface area contributed by atoms with Crippen molar-refractivity contribution < 1.29 is 8.78 Å². The number of likely N-dealkylation sites (N-methyl/N-ethyl adjacent to an activating group) is 1. The minimum atomic E-state index is -0.383. The summed E-state index contributed by atoms with van der Waals surface area (Å²) in [5.74, 6) is 0.449. The number of piperazine rings is 1. The van der Waals surface area contributed by atoms with E-state index in [0.717, 1.165) is 62.4 Å². The molecule has 1 saturated heterocycles. The van der Waals surface area contributed by atoms with Crippen LogP contribution in [0.5, 0.6) is 0 Å². The molecule has 1 aliphatic carbocycles. The first-order valence-corrected chi connectivity index (χ1v) is 14.4. The van der Waals surface area contributed by atoms with Gasteiger partial charge in [-0.1, -0.05) is 36.4 Å². The van der Waals surface area contributed by atoms with Gasteiger partial charge in [-0.3, -0.25) is 0 Å². The molecule has 4 aromatic carbocycles. The zero-order chi connectivity index (χ0) is 27.2. The summed E-state index contributed by atoms with van der Waals surface area (Å²) >= 11 is 0. The summed E-state index contributed by atoms with van der Waals surface area (Å²) in [7, 11) is 2.16. The first kappa shape index (κ1) is 25.2. The van der Waals surface area contributed by atoms with Gasteiger partial charge < -0.3 is 9.80 Å². The van der Waals surface area contributed by atoms with Crippen molar-refractivity contribution in [3.63, 3.8) is 0 Å². The van der Waals surface area contributed by atoms with Gasteiger partial charge in [0.25, 0.3) is 0 Å². The Labute approximate surface area is 234 Å². The zero-order valence-electron chi connectivity index (χ0n) is 22.8. The average Bonchev–Trinajstić information content (AvgIpc) is 2.99. The Morgan fingerprint density at radius 2 is 1.62 bits per heavy atom. The number of pyridine rings is 1. The lowest BCUT2D eigenvalue weighted by Gasteiger charge is -2.33. The molecule has 2 aliphatic rings. The van der Waals surface area contributed by atoms with Gasteiger partial charge in [0.2, 0.25) is 0 Å². The fourth-order valence-electron chi connectivity index (χ4n) is 6.81. The fourth-order valence-corrected chi connectivity index (χ4v) is 6.81. The Balaban J connectivity index is 1.35. The third kappa shape index (κ3) is 4.52. The molecule has 1 unspecified atom stereocenters. The number of aromatic nitrogens is 1. The molecule has 0 N–H and O–H groups in total. The van der Waals surface area contributed by atoms with Crippen LogP contribution < -0.4 is 4.90 Å². The third-order valence-electron chi connectivity index (χ3n) is 8.94. The standard InChI is InChI=1S/C35H33F2N3/c1-39-15-17-40(18-16-39)34-14-10-25(22-38-34)31-21-32-30(28-7-2-3-8-29(28)31)12-9-23-5-4-6-24(35(23)32)19-26-20-27(36)11-13-33(26)37/h2-3,7-14,20-22,24H,4-6,15-19H2,1H3. The average molecular weight is 534 g/mol. The Kier molecular flexibility index (Phi) is 6.47. The molecular weight excluding hydrogens is 500 g/mol. The van der Waals surface area contributed by atoms with Gasteiger partial charge >= 0.3 is 0 Å². The number of benzene rings is 4. The van der Waals surface area contributed by atoms with E-state index in [-0.39, 0.29) is 17.6 Å². The molecule has 5 aromatic rings. The number of nitrogens with zero attached hydrogens (tertiary/aromatic N) is 3. The molecule has 0 amide bonds. The molecule has 1 atom stereocenters. The Hall–Kier alpha value is -3.83. The Morgan fingerprint density at radius 1 is 0.825 bits per heavy atom. The fraction of sp³-hybridized carbons (Fsp3) is 0.286. The lowest BCUT2D eigenvalue weighted by molar-refractivity contribution is 0.312. The molecule has 5 heteroatoms. The summed E-state index contributed by atoms with van der Waals surface area (Å²) in [4.78, 5) is 9.60. The van der Waals surface area contributed by atoms with E-state index in [1.54, 1.807) is 0 Å². The largest absolute Gasteiger partial charge is 0.354 e. The molecule has 2 heterocycles. The molecule has 0 bridgehead atoms. The van der Waals surface area contributed by atoms with E-state index in [4.69, 9.17) is 4.98 Å². The van der Waals surface area contributed by atoms with Crippen LogP contribution in [-0.4, -0.2) is 43.1 Å². The third-order valence-corrected chi connectivity index (χ3v) is 8.94. The highest BCUT2D eigenvalue weighted by molar-refractivity contribution is 6.14. The van der Waals surface area contributed by atoms with Crippen LogP contribution in [0.3, 0.4) is 0 Å². The lowest BCUT2D eigenvalue weighted by atomic mass is 9.76. The van der Waals surface area contributed by atoms with Gasteiger partial charge in [0, 0.05) is 37.9 Å². The maximum Gasteiger partial charge on any atom is 0.128 e. The lowest BCUT2D eigenvalue weighted by Crippen LogP contribution is -2.44. The maximum absolute atomic E-state index is 14.7. The van der Waals surface area contributed by atoms with Crippen LogP contribution in [-0.2, 0) is 12.8 Å². The van der Waals surface area contributed by atoms with E-state index in [0.29, 0.717) is 12.0 Å². The summed E-state index contributed by atoms with van der Waals surface area (Å²) in [5.41, 5.74) is 5.33. The van der Waals surface area contributed by atoms with Gasteiger partial charge in [-0.15, -0.1) is 0 Å². The number of rotatable bonds is 4. The number of aryl methyl sites for hydroxylation is 1. The maximum atomic E-state index is 14.7. The second-order valence-corrected chi connectivity index (χ2v) is 11.4.